The van der Waals surface area contributed by atoms with Crippen molar-refractivity contribution in [2.24, 2.45) is 0 Å². The molecule has 0 radical (unpaired) electrons. The van der Waals surface area contributed by atoms with Crippen LogP contribution in [0.1, 0.15) is 16.7 Å². The van der Waals surface area contributed by atoms with E-state index in [9.17, 15) is 0 Å². The third-order valence-corrected chi connectivity index (χ3v) is 2.11. The van der Waals surface area contributed by atoms with E-state index in [-0.39, 0.29) is 0 Å². The second-order valence-corrected chi connectivity index (χ2v) is 3.14. The summed E-state index contributed by atoms with van der Waals surface area (Å²) in [5, 5.41) is 0. The fourth-order valence-corrected chi connectivity index (χ4v) is 1.37. The topological polar surface area (TPSA) is 9.23 Å². The number of benzene rings is 1. The van der Waals surface area contributed by atoms with E-state index in [4.69, 9.17) is 11.2 Å². The summed E-state index contributed by atoms with van der Waals surface area (Å²) in [5.41, 5.74) is 3.26. The van der Waals surface area contributed by atoms with E-state index in [0.717, 1.165) is 22.4 Å². The maximum absolute atomic E-state index is 5.48. The van der Waals surface area contributed by atoms with Crippen LogP contribution in [0.4, 0.5) is 0 Å². The Bertz CT molecular complexity index is 383. The van der Waals surface area contributed by atoms with E-state index < -0.39 is 0 Å². The average molecular weight is 186 g/mol. The molecule has 1 aromatic rings. The second-order valence-electron chi connectivity index (χ2n) is 3.14. The molecule has 1 nitrogen and oxygen atoms in total. The Kier molecular flexibility index (Phi) is 3.36. The quantitative estimate of drug-likeness (QED) is 0.659. The number of hydrogen-bond donors (Lipinski definition) is 0. The van der Waals surface area contributed by atoms with Crippen molar-refractivity contribution in [1.82, 2.24) is 0 Å². The molecule has 0 aliphatic rings. The first-order valence-corrected chi connectivity index (χ1v) is 4.49. The molecule has 0 aromatic heterocycles. The van der Waals surface area contributed by atoms with Gasteiger partial charge < -0.3 is 4.74 Å². The predicted octanol–water partition coefficient (Wildman–Crippen LogP) is 2.96. The van der Waals surface area contributed by atoms with Crippen LogP contribution < -0.4 is 4.74 Å². The summed E-state index contributed by atoms with van der Waals surface area (Å²) in [5.74, 6) is 3.30. The maximum Gasteiger partial charge on any atom is 0.148 e. The van der Waals surface area contributed by atoms with E-state index in [1.54, 1.807) is 6.08 Å². The van der Waals surface area contributed by atoms with Gasteiger partial charge in [0, 0.05) is 5.56 Å². The van der Waals surface area contributed by atoms with Crippen molar-refractivity contribution in [3.8, 4) is 18.1 Å². The fraction of sp³-hybridized carbons (Fsp3) is 0.231. The molecule has 0 heterocycles. The van der Waals surface area contributed by atoms with Crippen LogP contribution in [0.5, 0.6) is 5.75 Å². The SMILES string of the molecule is C#CCOc1c(C)ccc(C)c1C=C. The van der Waals surface area contributed by atoms with Crippen molar-refractivity contribution in [1.29, 1.82) is 0 Å². The Hall–Kier alpha value is -1.68. The lowest BCUT2D eigenvalue weighted by atomic mass is 10.0. The highest BCUT2D eigenvalue weighted by atomic mass is 16.5. The van der Waals surface area contributed by atoms with Crippen molar-refractivity contribution in [3.63, 3.8) is 0 Å². The van der Waals surface area contributed by atoms with Gasteiger partial charge >= 0.3 is 0 Å². The number of aryl methyl sites for hydroxylation is 2. The smallest absolute Gasteiger partial charge is 0.148 e. The van der Waals surface area contributed by atoms with Crippen LogP contribution in [0.2, 0.25) is 0 Å². The van der Waals surface area contributed by atoms with Gasteiger partial charge in [-0.1, -0.05) is 30.7 Å². The zero-order valence-corrected chi connectivity index (χ0v) is 8.63. The van der Waals surface area contributed by atoms with Crippen molar-refractivity contribution >= 4 is 6.08 Å². The van der Waals surface area contributed by atoms with Crippen LogP contribution in [0, 0.1) is 26.2 Å². The second kappa shape index (κ2) is 4.53. The zero-order chi connectivity index (χ0) is 10.6. The first-order valence-electron chi connectivity index (χ1n) is 4.49. The Balaban J connectivity index is 3.17. The first kappa shape index (κ1) is 10.4. The number of rotatable bonds is 3. The van der Waals surface area contributed by atoms with Crippen molar-refractivity contribution in [3.05, 3.63) is 35.4 Å². The van der Waals surface area contributed by atoms with E-state index in [1.807, 2.05) is 19.9 Å². The predicted molar refractivity (Wildman–Crippen MR) is 60.3 cm³/mol. The molecular weight excluding hydrogens is 172 g/mol. The first-order chi connectivity index (χ1) is 6.70. The molecule has 0 atom stereocenters. The van der Waals surface area contributed by atoms with Gasteiger partial charge in [0.15, 0.2) is 0 Å². The van der Waals surface area contributed by atoms with Crippen LogP contribution >= 0.6 is 0 Å². The van der Waals surface area contributed by atoms with Crippen molar-refractivity contribution in [2.45, 2.75) is 13.8 Å². The highest BCUT2D eigenvalue weighted by molar-refractivity contribution is 5.62. The van der Waals surface area contributed by atoms with Crippen LogP contribution in [-0.2, 0) is 0 Å². The molecular formula is C13H14O. The molecule has 0 unspecified atom stereocenters. The summed E-state index contributed by atoms with van der Waals surface area (Å²) >= 11 is 0. The Morgan fingerprint density at radius 3 is 2.64 bits per heavy atom. The van der Waals surface area contributed by atoms with Gasteiger partial charge in [-0.25, -0.2) is 0 Å². The van der Waals surface area contributed by atoms with Crippen LogP contribution in [0.3, 0.4) is 0 Å². The summed E-state index contributed by atoms with van der Waals surface area (Å²) in [6.07, 6.45) is 6.95. The average Bonchev–Trinajstić information content (AvgIpc) is 2.19. The van der Waals surface area contributed by atoms with E-state index >= 15 is 0 Å². The van der Waals surface area contributed by atoms with E-state index in [0.29, 0.717) is 6.61 Å². The molecule has 14 heavy (non-hydrogen) atoms. The monoisotopic (exact) mass is 186 g/mol. The molecule has 1 heteroatoms. The Morgan fingerprint density at radius 1 is 1.43 bits per heavy atom. The van der Waals surface area contributed by atoms with Gasteiger partial charge in [-0.3, -0.25) is 0 Å². The van der Waals surface area contributed by atoms with Crippen LogP contribution in [-0.4, -0.2) is 6.61 Å². The lowest BCUT2D eigenvalue weighted by molar-refractivity contribution is 0.366. The minimum absolute atomic E-state index is 0.297. The van der Waals surface area contributed by atoms with Crippen LogP contribution in [0.25, 0.3) is 6.08 Å². The summed E-state index contributed by atoms with van der Waals surface area (Å²) in [4.78, 5) is 0. The van der Waals surface area contributed by atoms with Crippen molar-refractivity contribution in [2.75, 3.05) is 6.61 Å². The largest absolute Gasteiger partial charge is 0.480 e. The molecule has 0 aliphatic heterocycles. The van der Waals surface area contributed by atoms with Gasteiger partial charge in [-0.2, -0.15) is 0 Å². The Labute approximate surface area is 85.4 Å². The molecule has 0 aliphatic carbocycles. The van der Waals surface area contributed by atoms with Gasteiger partial charge in [-0.05, 0) is 25.0 Å². The Morgan fingerprint density at radius 2 is 2.07 bits per heavy atom. The molecule has 72 valence electrons. The molecule has 1 aromatic carbocycles. The number of ether oxygens (including phenoxy) is 1. The minimum atomic E-state index is 0.297. The lowest BCUT2D eigenvalue weighted by Crippen LogP contribution is -1.99. The summed E-state index contributed by atoms with van der Waals surface area (Å²) in [6.45, 7) is 8.09. The summed E-state index contributed by atoms with van der Waals surface area (Å²) in [6, 6.07) is 4.07. The van der Waals surface area contributed by atoms with E-state index in [1.165, 1.54) is 0 Å². The number of terminal acetylenes is 1. The molecule has 0 bridgehead atoms. The lowest BCUT2D eigenvalue weighted by Gasteiger charge is -2.12. The fourth-order valence-electron chi connectivity index (χ4n) is 1.37. The minimum Gasteiger partial charge on any atom is -0.480 e. The molecule has 0 saturated carbocycles. The van der Waals surface area contributed by atoms with Crippen LogP contribution in [0.15, 0.2) is 18.7 Å². The standard InChI is InChI=1S/C13H14O/c1-5-9-14-13-11(4)8-7-10(3)12(13)6-2/h1,6-8H,2,9H2,3-4H3. The van der Waals surface area contributed by atoms with Gasteiger partial charge in [-0.15, -0.1) is 6.42 Å². The normalized spacial score (nSPS) is 9.21. The highest BCUT2D eigenvalue weighted by Crippen LogP contribution is 2.27. The van der Waals surface area contributed by atoms with E-state index in [2.05, 4.69) is 18.6 Å². The zero-order valence-electron chi connectivity index (χ0n) is 8.63. The van der Waals surface area contributed by atoms with Gasteiger partial charge in [0.25, 0.3) is 0 Å². The molecule has 0 N–H and O–H groups in total. The maximum atomic E-state index is 5.48. The summed E-state index contributed by atoms with van der Waals surface area (Å²) < 4.78 is 5.48. The van der Waals surface area contributed by atoms with Gasteiger partial charge in [0.2, 0.25) is 0 Å². The van der Waals surface area contributed by atoms with Gasteiger partial charge in [0.1, 0.15) is 12.4 Å². The highest BCUT2D eigenvalue weighted by Gasteiger charge is 2.06. The molecule has 1 rings (SSSR count). The summed E-state index contributed by atoms with van der Waals surface area (Å²) in [7, 11) is 0. The molecule has 0 fully saturated rings. The third-order valence-electron chi connectivity index (χ3n) is 2.11. The van der Waals surface area contributed by atoms with Crippen molar-refractivity contribution < 1.29 is 4.74 Å². The molecule has 0 saturated heterocycles. The number of hydrogen-bond acceptors (Lipinski definition) is 1. The van der Waals surface area contributed by atoms with Gasteiger partial charge in [0.05, 0.1) is 0 Å². The third kappa shape index (κ3) is 1.97. The molecule has 0 spiro atoms. The molecule has 0 amide bonds.